The zero-order valence-electron chi connectivity index (χ0n) is 19.2. The average molecular weight is 472 g/mol. The van der Waals surface area contributed by atoms with Gasteiger partial charge in [-0.25, -0.2) is 0 Å². The number of ketones is 1. The second-order valence-corrected chi connectivity index (χ2v) is 9.23. The molecule has 8 heteroatoms. The standard InChI is InChI=1S/C26H25N5O2S/c1-17(2)19-12-14-23(15-13-19)31-26(28-29-30-31)34-24(20-8-5-4-6-9-20)25(33)27-22-11-7-10-21(16-22)18(3)32/h4-17,24H,1-3H3,(H,27,33). The molecule has 0 fully saturated rings. The van der Waals surface area contributed by atoms with Crippen LogP contribution in [-0.2, 0) is 4.79 Å². The van der Waals surface area contributed by atoms with Crippen molar-refractivity contribution in [3.63, 3.8) is 0 Å². The summed E-state index contributed by atoms with van der Waals surface area (Å²) in [6.07, 6.45) is 0. The molecule has 172 valence electrons. The highest BCUT2D eigenvalue weighted by atomic mass is 32.2. The molecule has 34 heavy (non-hydrogen) atoms. The van der Waals surface area contributed by atoms with E-state index < -0.39 is 5.25 Å². The molecule has 3 aromatic carbocycles. The van der Waals surface area contributed by atoms with Crippen molar-refractivity contribution < 1.29 is 9.59 Å². The lowest BCUT2D eigenvalue weighted by Gasteiger charge is -2.17. The number of anilines is 1. The Kier molecular flexibility index (Phi) is 7.18. The van der Waals surface area contributed by atoms with E-state index in [0.717, 1.165) is 11.3 Å². The van der Waals surface area contributed by atoms with Crippen LogP contribution in [0.2, 0.25) is 0 Å². The van der Waals surface area contributed by atoms with Crippen molar-refractivity contribution in [1.82, 2.24) is 20.2 Å². The molecular formula is C26H25N5O2S. The Morgan fingerprint density at radius 2 is 1.65 bits per heavy atom. The summed E-state index contributed by atoms with van der Waals surface area (Å²) >= 11 is 1.27. The Morgan fingerprint density at radius 1 is 0.912 bits per heavy atom. The number of thioether (sulfide) groups is 1. The van der Waals surface area contributed by atoms with Crippen molar-refractivity contribution in [3.8, 4) is 5.69 Å². The van der Waals surface area contributed by atoms with E-state index in [2.05, 4.69) is 46.8 Å². The zero-order valence-corrected chi connectivity index (χ0v) is 20.0. The molecule has 0 saturated carbocycles. The van der Waals surface area contributed by atoms with Crippen molar-refractivity contribution in [2.24, 2.45) is 0 Å². The molecule has 1 aromatic heterocycles. The van der Waals surface area contributed by atoms with Crippen molar-refractivity contribution in [1.29, 1.82) is 0 Å². The summed E-state index contributed by atoms with van der Waals surface area (Å²) in [7, 11) is 0. The highest BCUT2D eigenvalue weighted by Gasteiger charge is 2.25. The van der Waals surface area contributed by atoms with Gasteiger partial charge in [0.05, 0.1) is 5.69 Å². The first-order chi connectivity index (χ1) is 16.4. The van der Waals surface area contributed by atoms with Crippen molar-refractivity contribution >= 4 is 29.1 Å². The largest absolute Gasteiger partial charge is 0.325 e. The number of benzene rings is 3. The molecule has 7 nitrogen and oxygen atoms in total. The third-order valence-corrected chi connectivity index (χ3v) is 6.53. The Balaban J connectivity index is 1.62. The second-order valence-electron chi connectivity index (χ2n) is 8.15. The summed E-state index contributed by atoms with van der Waals surface area (Å²) in [6.45, 7) is 5.78. The van der Waals surface area contributed by atoms with Crippen LogP contribution in [0.5, 0.6) is 0 Å². The normalized spacial score (nSPS) is 11.9. The molecule has 0 aliphatic heterocycles. The summed E-state index contributed by atoms with van der Waals surface area (Å²) in [6, 6.07) is 24.4. The van der Waals surface area contributed by atoms with E-state index >= 15 is 0 Å². The van der Waals surface area contributed by atoms with Gasteiger partial charge in [0.15, 0.2) is 5.78 Å². The third kappa shape index (κ3) is 5.40. The van der Waals surface area contributed by atoms with Crippen LogP contribution in [0.1, 0.15) is 53.4 Å². The minimum atomic E-state index is -0.609. The summed E-state index contributed by atoms with van der Waals surface area (Å²) in [5, 5.41) is 15.0. The first-order valence-electron chi connectivity index (χ1n) is 10.9. The maximum atomic E-state index is 13.4. The minimum Gasteiger partial charge on any atom is -0.325 e. The lowest BCUT2D eigenvalue weighted by Crippen LogP contribution is -2.19. The Morgan fingerprint density at radius 3 is 2.32 bits per heavy atom. The SMILES string of the molecule is CC(=O)c1cccc(NC(=O)C(Sc2nnnn2-c2ccc(C(C)C)cc2)c2ccccc2)c1. The Labute approximate surface area is 202 Å². The molecule has 0 aliphatic rings. The van der Waals surface area contributed by atoms with Gasteiger partial charge in [-0.15, -0.1) is 5.10 Å². The number of hydrogen-bond acceptors (Lipinski definition) is 6. The number of carbonyl (C=O) groups excluding carboxylic acids is 2. The lowest BCUT2D eigenvalue weighted by molar-refractivity contribution is -0.115. The van der Waals surface area contributed by atoms with Crippen LogP contribution in [0.25, 0.3) is 5.69 Å². The van der Waals surface area contributed by atoms with E-state index in [1.165, 1.54) is 24.2 Å². The van der Waals surface area contributed by atoms with Crippen molar-refractivity contribution in [3.05, 3.63) is 95.6 Å². The molecule has 0 radical (unpaired) electrons. The van der Waals surface area contributed by atoms with Crippen LogP contribution in [0.15, 0.2) is 84.0 Å². The van der Waals surface area contributed by atoms with Gasteiger partial charge >= 0.3 is 0 Å². The quantitative estimate of drug-likeness (QED) is 0.271. The first-order valence-corrected chi connectivity index (χ1v) is 11.8. The van der Waals surface area contributed by atoms with Gasteiger partial charge in [0, 0.05) is 11.3 Å². The van der Waals surface area contributed by atoms with E-state index in [1.54, 1.807) is 28.9 Å². The molecule has 4 aromatic rings. The summed E-state index contributed by atoms with van der Waals surface area (Å²) in [5.74, 6) is 0.124. The summed E-state index contributed by atoms with van der Waals surface area (Å²) in [5.41, 5.74) is 3.95. The molecule has 0 spiro atoms. The molecule has 1 atom stereocenters. The van der Waals surface area contributed by atoms with Crippen LogP contribution in [0.3, 0.4) is 0 Å². The van der Waals surface area contributed by atoms with Gasteiger partial charge in [0.25, 0.3) is 0 Å². The van der Waals surface area contributed by atoms with Gasteiger partial charge in [0.2, 0.25) is 11.1 Å². The number of tetrazole rings is 1. The monoisotopic (exact) mass is 471 g/mol. The minimum absolute atomic E-state index is 0.0623. The number of amides is 1. The van der Waals surface area contributed by atoms with E-state index in [4.69, 9.17) is 0 Å². The predicted molar refractivity (Wildman–Crippen MR) is 133 cm³/mol. The molecule has 1 N–H and O–H groups in total. The van der Waals surface area contributed by atoms with E-state index in [9.17, 15) is 9.59 Å². The number of hydrogen-bond donors (Lipinski definition) is 1. The number of nitrogens with one attached hydrogen (secondary N) is 1. The molecule has 4 rings (SSSR count). The van der Waals surface area contributed by atoms with E-state index in [0.29, 0.717) is 22.3 Å². The number of Topliss-reactive ketones (excluding diaryl/α,β-unsaturated/α-hetero) is 1. The number of nitrogens with zero attached hydrogens (tertiary/aromatic N) is 4. The van der Waals surface area contributed by atoms with Gasteiger partial charge < -0.3 is 5.32 Å². The lowest BCUT2D eigenvalue weighted by atomic mass is 10.0. The third-order valence-electron chi connectivity index (χ3n) is 5.35. The average Bonchev–Trinajstić information content (AvgIpc) is 3.31. The van der Waals surface area contributed by atoms with Crippen LogP contribution in [0.4, 0.5) is 5.69 Å². The van der Waals surface area contributed by atoms with Gasteiger partial charge in [-0.3, -0.25) is 9.59 Å². The topological polar surface area (TPSA) is 89.8 Å². The molecular weight excluding hydrogens is 446 g/mol. The van der Waals surface area contributed by atoms with Crippen LogP contribution >= 0.6 is 11.8 Å². The molecule has 1 heterocycles. The van der Waals surface area contributed by atoms with E-state index in [-0.39, 0.29) is 11.7 Å². The van der Waals surface area contributed by atoms with Gasteiger partial charge in [-0.2, -0.15) is 4.68 Å². The zero-order chi connectivity index (χ0) is 24.1. The van der Waals surface area contributed by atoms with Crippen molar-refractivity contribution in [2.45, 2.75) is 37.1 Å². The van der Waals surface area contributed by atoms with Crippen LogP contribution in [-0.4, -0.2) is 31.9 Å². The fourth-order valence-electron chi connectivity index (χ4n) is 3.44. The fourth-order valence-corrected chi connectivity index (χ4v) is 4.44. The molecule has 1 amide bonds. The highest BCUT2D eigenvalue weighted by Crippen LogP contribution is 2.36. The molecule has 0 saturated heterocycles. The maximum absolute atomic E-state index is 13.4. The number of carbonyl (C=O) groups is 2. The Hall–Kier alpha value is -3.78. The predicted octanol–water partition coefficient (Wildman–Crippen LogP) is 5.46. The van der Waals surface area contributed by atoms with Gasteiger partial charge in [0.1, 0.15) is 5.25 Å². The summed E-state index contributed by atoms with van der Waals surface area (Å²) < 4.78 is 1.63. The van der Waals surface area contributed by atoms with Gasteiger partial charge in [-0.1, -0.05) is 80.2 Å². The second kappa shape index (κ2) is 10.4. The molecule has 0 bridgehead atoms. The fraction of sp³-hybridized carbons (Fsp3) is 0.192. The molecule has 1 unspecified atom stereocenters. The van der Waals surface area contributed by atoms with Crippen LogP contribution in [0, 0.1) is 0 Å². The van der Waals surface area contributed by atoms with Gasteiger partial charge in [-0.05, 0) is 58.7 Å². The number of aromatic nitrogens is 4. The molecule has 0 aliphatic carbocycles. The first kappa shape index (κ1) is 23.4. The maximum Gasteiger partial charge on any atom is 0.242 e. The van der Waals surface area contributed by atoms with Crippen LogP contribution < -0.4 is 5.32 Å². The Bertz CT molecular complexity index is 1290. The smallest absolute Gasteiger partial charge is 0.242 e. The number of rotatable bonds is 8. The van der Waals surface area contributed by atoms with Crippen molar-refractivity contribution in [2.75, 3.05) is 5.32 Å². The summed E-state index contributed by atoms with van der Waals surface area (Å²) in [4.78, 5) is 25.1. The van der Waals surface area contributed by atoms with E-state index in [1.807, 2.05) is 42.5 Å². The highest BCUT2D eigenvalue weighted by molar-refractivity contribution is 8.00.